The molecule has 1 aromatic carbocycles. The lowest BCUT2D eigenvalue weighted by Crippen LogP contribution is -2.39. The molecular weight excluding hydrogens is 414 g/mol. The zero-order valence-electron chi connectivity index (χ0n) is 17.5. The average molecular weight is 440 g/mol. The minimum atomic E-state index is -3.56. The van der Waals surface area contributed by atoms with Gasteiger partial charge in [0.05, 0.1) is 0 Å². The SMILES string of the molecule is Cc1cccc(NC(=O)c2cn(-c3ccc(S(=O)(=O)N4CCC[C@@H](C)C4)cn3)cn2)c1. The summed E-state index contributed by atoms with van der Waals surface area (Å²) in [6.45, 7) is 5.08. The lowest BCUT2D eigenvalue weighted by molar-refractivity contribution is 0.102. The number of nitrogens with one attached hydrogen (secondary N) is 1. The fourth-order valence-corrected chi connectivity index (χ4v) is 5.22. The molecule has 1 saturated heterocycles. The van der Waals surface area contributed by atoms with Crippen LogP contribution in [0.1, 0.15) is 35.8 Å². The minimum Gasteiger partial charge on any atom is -0.321 e. The molecule has 3 heterocycles. The highest BCUT2D eigenvalue weighted by molar-refractivity contribution is 7.89. The maximum absolute atomic E-state index is 12.9. The van der Waals surface area contributed by atoms with Crippen LogP contribution in [-0.2, 0) is 10.0 Å². The van der Waals surface area contributed by atoms with Crippen molar-refractivity contribution in [3.63, 3.8) is 0 Å². The first-order valence-electron chi connectivity index (χ1n) is 10.2. The summed E-state index contributed by atoms with van der Waals surface area (Å²) in [5.74, 6) is 0.502. The van der Waals surface area contributed by atoms with E-state index in [9.17, 15) is 13.2 Å². The summed E-state index contributed by atoms with van der Waals surface area (Å²) in [5, 5.41) is 2.81. The molecule has 162 valence electrons. The van der Waals surface area contributed by atoms with Crippen molar-refractivity contribution in [1.82, 2.24) is 18.8 Å². The number of aromatic nitrogens is 3. The number of sulfonamides is 1. The molecule has 0 spiro atoms. The van der Waals surface area contributed by atoms with Crippen LogP contribution in [0.3, 0.4) is 0 Å². The van der Waals surface area contributed by atoms with Gasteiger partial charge in [-0.25, -0.2) is 18.4 Å². The number of hydrogen-bond donors (Lipinski definition) is 1. The van der Waals surface area contributed by atoms with Gasteiger partial charge in [-0.2, -0.15) is 4.31 Å². The zero-order chi connectivity index (χ0) is 22.0. The third-order valence-corrected chi connectivity index (χ3v) is 7.18. The standard InChI is InChI=1S/C22H25N5O3S/c1-16-5-3-7-18(11-16)25-22(28)20-14-26(15-24-20)21-9-8-19(12-23-21)31(29,30)27-10-4-6-17(2)13-27/h3,5,7-9,11-12,14-15,17H,4,6,10,13H2,1-2H3,(H,25,28)/t17-/m1/s1. The average Bonchev–Trinajstić information content (AvgIpc) is 3.24. The number of benzene rings is 1. The van der Waals surface area contributed by atoms with E-state index in [4.69, 9.17) is 0 Å². The summed E-state index contributed by atoms with van der Waals surface area (Å²) in [6, 6.07) is 10.7. The number of imidazole rings is 1. The summed E-state index contributed by atoms with van der Waals surface area (Å²) in [5.41, 5.74) is 1.98. The van der Waals surface area contributed by atoms with Crippen molar-refractivity contribution >= 4 is 21.6 Å². The molecule has 0 radical (unpaired) electrons. The minimum absolute atomic E-state index is 0.169. The number of amides is 1. The van der Waals surface area contributed by atoms with E-state index in [-0.39, 0.29) is 16.5 Å². The van der Waals surface area contributed by atoms with Crippen LogP contribution in [0.25, 0.3) is 5.82 Å². The van der Waals surface area contributed by atoms with Crippen molar-refractivity contribution in [2.24, 2.45) is 5.92 Å². The van der Waals surface area contributed by atoms with E-state index in [1.807, 2.05) is 31.2 Å². The van der Waals surface area contributed by atoms with Crippen LogP contribution in [0.4, 0.5) is 5.69 Å². The molecule has 1 atom stereocenters. The molecular formula is C22H25N5O3S. The Hall–Kier alpha value is -3.04. The maximum atomic E-state index is 12.9. The predicted molar refractivity (Wildman–Crippen MR) is 118 cm³/mol. The van der Waals surface area contributed by atoms with Gasteiger partial charge in [0.25, 0.3) is 5.91 Å². The Labute approximate surface area is 182 Å². The van der Waals surface area contributed by atoms with Crippen molar-refractivity contribution in [2.45, 2.75) is 31.6 Å². The second kappa shape index (κ2) is 8.60. The number of carbonyl (C=O) groups excluding carboxylic acids is 1. The third-order valence-electron chi connectivity index (χ3n) is 5.33. The lowest BCUT2D eigenvalue weighted by atomic mass is 10.0. The fraction of sp³-hybridized carbons (Fsp3) is 0.318. The van der Waals surface area contributed by atoms with Crippen LogP contribution in [0, 0.1) is 12.8 Å². The van der Waals surface area contributed by atoms with Gasteiger partial charge in [-0.3, -0.25) is 9.36 Å². The normalized spacial score (nSPS) is 17.4. The Morgan fingerprint density at radius 1 is 1.19 bits per heavy atom. The van der Waals surface area contributed by atoms with E-state index in [0.29, 0.717) is 30.5 Å². The summed E-state index contributed by atoms with van der Waals surface area (Å²) >= 11 is 0. The highest BCUT2D eigenvalue weighted by Crippen LogP contribution is 2.23. The zero-order valence-corrected chi connectivity index (χ0v) is 18.3. The molecule has 0 unspecified atom stereocenters. The summed E-state index contributed by atoms with van der Waals surface area (Å²) in [4.78, 5) is 21.1. The van der Waals surface area contributed by atoms with E-state index in [2.05, 4.69) is 22.2 Å². The van der Waals surface area contributed by atoms with Gasteiger partial charge < -0.3 is 5.32 Å². The van der Waals surface area contributed by atoms with Crippen LogP contribution in [0.5, 0.6) is 0 Å². The molecule has 0 aliphatic carbocycles. The molecule has 1 fully saturated rings. The third kappa shape index (κ3) is 4.67. The van der Waals surface area contributed by atoms with Crippen LogP contribution in [-0.4, -0.2) is 46.3 Å². The number of piperidine rings is 1. The number of anilines is 1. The molecule has 1 N–H and O–H groups in total. The second-order valence-electron chi connectivity index (χ2n) is 7.95. The predicted octanol–water partition coefficient (Wildman–Crippen LogP) is 3.25. The highest BCUT2D eigenvalue weighted by atomic mass is 32.2. The Kier molecular flexibility index (Phi) is 5.88. The van der Waals surface area contributed by atoms with Crippen LogP contribution in [0.2, 0.25) is 0 Å². The van der Waals surface area contributed by atoms with Crippen LogP contribution >= 0.6 is 0 Å². The van der Waals surface area contributed by atoms with Gasteiger partial charge in [-0.05, 0) is 55.5 Å². The molecule has 1 aliphatic rings. The Bertz CT molecular complexity index is 1190. The summed E-state index contributed by atoms with van der Waals surface area (Å²) in [7, 11) is -3.56. The smallest absolute Gasteiger partial charge is 0.275 e. The number of carbonyl (C=O) groups is 1. The first-order chi connectivity index (χ1) is 14.8. The molecule has 2 aromatic heterocycles. The van der Waals surface area contributed by atoms with E-state index in [1.54, 1.807) is 22.9 Å². The summed E-state index contributed by atoms with van der Waals surface area (Å²) < 4.78 is 28.9. The first kappa shape index (κ1) is 21.2. The first-order valence-corrected chi connectivity index (χ1v) is 11.7. The summed E-state index contributed by atoms with van der Waals surface area (Å²) in [6.07, 6.45) is 6.32. The van der Waals surface area contributed by atoms with Crippen molar-refractivity contribution in [1.29, 1.82) is 0 Å². The topological polar surface area (TPSA) is 97.2 Å². The highest BCUT2D eigenvalue weighted by Gasteiger charge is 2.28. The van der Waals surface area contributed by atoms with Crippen molar-refractivity contribution in [3.05, 3.63) is 66.4 Å². The molecule has 1 amide bonds. The van der Waals surface area contributed by atoms with Gasteiger partial charge >= 0.3 is 0 Å². The molecule has 0 saturated carbocycles. The van der Waals surface area contributed by atoms with Gasteiger partial charge in [0.1, 0.15) is 22.7 Å². The maximum Gasteiger partial charge on any atom is 0.275 e. The number of nitrogens with zero attached hydrogens (tertiary/aromatic N) is 4. The molecule has 0 bridgehead atoms. The molecule has 8 nitrogen and oxygen atoms in total. The molecule has 1 aliphatic heterocycles. The Morgan fingerprint density at radius 3 is 2.74 bits per heavy atom. The van der Waals surface area contributed by atoms with Gasteiger partial charge in [0.2, 0.25) is 10.0 Å². The number of pyridine rings is 1. The number of hydrogen-bond acceptors (Lipinski definition) is 5. The Morgan fingerprint density at radius 2 is 2.03 bits per heavy atom. The van der Waals surface area contributed by atoms with E-state index >= 15 is 0 Å². The molecule has 4 rings (SSSR count). The van der Waals surface area contributed by atoms with Crippen molar-refractivity contribution in [2.75, 3.05) is 18.4 Å². The van der Waals surface area contributed by atoms with Crippen LogP contribution < -0.4 is 5.32 Å². The van der Waals surface area contributed by atoms with Gasteiger partial charge in [-0.15, -0.1) is 0 Å². The van der Waals surface area contributed by atoms with Crippen molar-refractivity contribution < 1.29 is 13.2 Å². The van der Waals surface area contributed by atoms with E-state index in [0.717, 1.165) is 18.4 Å². The monoisotopic (exact) mass is 439 g/mol. The molecule has 3 aromatic rings. The second-order valence-corrected chi connectivity index (χ2v) is 9.89. The van der Waals surface area contributed by atoms with Gasteiger partial charge in [-0.1, -0.05) is 19.1 Å². The fourth-order valence-electron chi connectivity index (χ4n) is 3.67. The lowest BCUT2D eigenvalue weighted by Gasteiger charge is -2.29. The van der Waals surface area contributed by atoms with Gasteiger partial charge in [0, 0.05) is 31.2 Å². The van der Waals surface area contributed by atoms with Crippen LogP contribution in [0.15, 0.2) is 60.0 Å². The number of rotatable bonds is 5. The molecule has 9 heteroatoms. The van der Waals surface area contributed by atoms with Gasteiger partial charge in [0.15, 0.2) is 0 Å². The van der Waals surface area contributed by atoms with E-state index in [1.165, 1.54) is 16.8 Å². The number of aryl methyl sites for hydroxylation is 1. The quantitative estimate of drug-likeness (QED) is 0.658. The largest absolute Gasteiger partial charge is 0.321 e. The van der Waals surface area contributed by atoms with E-state index < -0.39 is 10.0 Å². The molecule has 31 heavy (non-hydrogen) atoms. The van der Waals surface area contributed by atoms with Crippen molar-refractivity contribution in [3.8, 4) is 5.82 Å². The Balaban J connectivity index is 1.48.